The maximum absolute atomic E-state index is 12.9. The van der Waals surface area contributed by atoms with Crippen molar-refractivity contribution in [3.8, 4) is 0 Å². The molecule has 8 heteroatoms. The van der Waals surface area contributed by atoms with Crippen molar-refractivity contribution in [3.05, 3.63) is 51.6 Å². The Morgan fingerprint density at radius 3 is 2.06 bits per heavy atom. The van der Waals surface area contributed by atoms with Crippen LogP contribution in [0.1, 0.15) is 5.56 Å². The van der Waals surface area contributed by atoms with Gasteiger partial charge in [0.05, 0.1) is 4.92 Å². The fourth-order valence-electron chi connectivity index (χ4n) is 1.15. The molecule has 0 saturated carbocycles. The first-order valence-corrected chi connectivity index (χ1v) is 4.56. The zero-order valence-corrected chi connectivity index (χ0v) is 8.67. The Labute approximate surface area is 97.7 Å². The summed E-state index contributed by atoms with van der Waals surface area (Å²) in [5.41, 5.74) is -0.295. The minimum Gasteiger partial charge on any atom is -0.258 e. The third kappa shape index (κ3) is 3.51. The maximum atomic E-state index is 12.9. The average Bonchev–Trinajstić information content (AvgIpc) is 2.27. The summed E-state index contributed by atoms with van der Waals surface area (Å²) in [7, 11) is 0. The molecule has 0 saturated heterocycles. The van der Waals surface area contributed by atoms with Gasteiger partial charge in [-0.25, -0.2) is 4.39 Å². The van der Waals surface area contributed by atoms with E-state index in [4.69, 9.17) is 0 Å². The van der Waals surface area contributed by atoms with Gasteiger partial charge in [0.2, 0.25) is 5.83 Å². The lowest BCUT2D eigenvalue weighted by Crippen LogP contribution is -2.10. The summed E-state index contributed by atoms with van der Waals surface area (Å²) in [4.78, 5) is 9.57. The molecule has 98 valence electrons. The predicted octanol–water partition coefficient (Wildman–Crippen LogP) is 3.85. The normalized spacial score (nSPS) is 13.2. The minimum absolute atomic E-state index is 0.00231. The number of hydrogen-bond donors (Lipinski definition) is 0. The molecule has 0 fully saturated rings. The Morgan fingerprint density at radius 1 is 1.17 bits per heavy atom. The lowest BCUT2D eigenvalue weighted by Gasteiger charge is -2.05. The van der Waals surface area contributed by atoms with Crippen molar-refractivity contribution in [1.82, 2.24) is 0 Å². The number of alkyl halides is 3. The van der Waals surface area contributed by atoms with E-state index in [0.717, 1.165) is 24.3 Å². The number of nitro groups is 1. The summed E-state index contributed by atoms with van der Waals surface area (Å²) >= 11 is 0. The number of nitrogens with zero attached hydrogens (tertiary/aromatic N) is 1. The van der Waals surface area contributed by atoms with Gasteiger partial charge >= 0.3 is 6.18 Å². The molecule has 0 unspecified atom stereocenters. The van der Waals surface area contributed by atoms with Gasteiger partial charge in [-0.2, -0.15) is 17.6 Å². The van der Waals surface area contributed by atoms with E-state index >= 15 is 0 Å². The smallest absolute Gasteiger partial charge is 0.258 e. The van der Waals surface area contributed by atoms with Crippen molar-refractivity contribution in [2.75, 3.05) is 0 Å². The van der Waals surface area contributed by atoms with Crippen molar-refractivity contribution in [3.63, 3.8) is 0 Å². The van der Waals surface area contributed by atoms with Crippen LogP contribution in [-0.4, -0.2) is 11.1 Å². The van der Waals surface area contributed by atoms with E-state index in [1.165, 1.54) is 0 Å². The second-order valence-electron chi connectivity index (χ2n) is 3.32. The van der Waals surface area contributed by atoms with Crippen LogP contribution in [0.15, 0.2) is 35.9 Å². The molecule has 0 aliphatic rings. The van der Waals surface area contributed by atoms with Crippen LogP contribution in [0.4, 0.5) is 27.6 Å². The SMILES string of the molecule is O=[N+]([O-])c1ccc(C/C(F)=C(\F)C(F)(F)F)cc1. The quantitative estimate of drug-likeness (QED) is 0.474. The molecule has 0 bridgehead atoms. The van der Waals surface area contributed by atoms with Gasteiger partial charge in [0.1, 0.15) is 5.83 Å². The highest BCUT2D eigenvalue weighted by atomic mass is 19.4. The Kier molecular flexibility index (Phi) is 4.00. The van der Waals surface area contributed by atoms with Gasteiger partial charge in [0.25, 0.3) is 5.69 Å². The molecule has 0 aliphatic carbocycles. The van der Waals surface area contributed by atoms with Gasteiger partial charge < -0.3 is 0 Å². The van der Waals surface area contributed by atoms with Crippen molar-refractivity contribution in [1.29, 1.82) is 0 Å². The Balaban J connectivity index is 2.89. The molecule has 0 N–H and O–H groups in total. The van der Waals surface area contributed by atoms with Gasteiger partial charge in [0.15, 0.2) is 0 Å². The number of non-ortho nitro benzene ring substituents is 1. The molecule has 0 radical (unpaired) electrons. The third-order valence-corrected chi connectivity index (χ3v) is 1.99. The van der Waals surface area contributed by atoms with E-state index in [0.29, 0.717) is 0 Å². The summed E-state index contributed by atoms with van der Waals surface area (Å²) in [5, 5.41) is 10.3. The van der Waals surface area contributed by atoms with Crippen molar-refractivity contribution in [2.45, 2.75) is 12.6 Å². The zero-order chi connectivity index (χ0) is 13.9. The van der Waals surface area contributed by atoms with Crippen LogP contribution in [0.3, 0.4) is 0 Å². The van der Waals surface area contributed by atoms with Crippen LogP contribution in [0.5, 0.6) is 0 Å². The molecule has 18 heavy (non-hydrogen) atoms. The van der Waals surface area contributed by atoms with Crippen molar-refractivity contribution < 1.29 is 26.9 Å². The number of allylic oxidation sites excluding steroid dienone is 2. The molecular weight excluding hydrogens is 261 g/mol. The number of hydrogen-bond acceptors (Lipinski definition) is 2. The molecular formula is C10H6F5NO2. The molecule has 0 amide bonds. The summed E-state index contributed by atoms with van der Waals surface area (Å²) in [6.07, 6.45) is -6.28. The molecule has 0 aromatic heterocycles. The highest BCUT2D eigenvalue weighted by Crippen LogP contribution is 2.31. The van der Waals surface area contributed by atoms with Gasteiger partial charge in [-0.3, -0.25) is 10.1 Å². The second kappa shape index (κ2) is 5.11. The Bertz CT molecular complexity index is 478. The first-order chi connectivity index (χ1) is 8.21. The van der Waals surface area contributed by atoms with Crippen molar-refractivity contribution >= 4 is 5.69 Å². The fourth-order valence-corrected chi connectivity index (χ4v) is 1.15. The first-order valence-electron chi connectivity index (χ1n) is 4.56. The summed E-state index contributed by atoms with van der Waals surface area (Å²) in [6.45, 7) is 0. The van der Waals surface area contributed by atoms with E-state index in [-0.39, 0.29) is 11.3 Å². The van der Waals surface area contributed by atoms with E-state index in [2.05, 4.69) is 0 Å². The molecule has 1 rings (SSSR count). The van der Waals surface area contributed by atoms with Crippen LogP contribution < -0.4 is 0 Å². The van der Waals surface area contributed by atoms with Crippen LogP contribution >= 0.6 is 0 Å². The van der Waals surface area contributed by atoms with Gasteiger partial charge in [-0.1, -0.05) is 12.1 Å². The molecule has 0 aliphatic heterocycles. The second-order valence-corrected chi connectivity index (χ2v) is 3.32. The molecule has 0 spiro atoms. The topological polar surface area (TPSA) is 43.1 Å². The first kappa shape index (κ1) is 14.1. The minimum atomic E-state index is -5.37. The number of nitro benzene ring substituents is 1. The van der Waals surface area contributed by atoms with Crippen LogP contribution in [0.25, 0.3) is 0 Å². The standard InChI is InChI=1S/C10H6F5NO2/c11-8(9(12)10(13,14)15)5-6-1-3-7(4-2-6)16(17)18/h1-4H,5H2/b9-8+. The molecule has 3 nitrogen and oxygen atoms in total. The molecule has 0 atom stereocenters. The number of halogens is 5. The van der Waals surface area contributed by atoms with E-state index in [1.807, 2.05) is 0 Å². The van der Waals surface area contributed by atoms with Crippen molar-refractivity contribution in [2.24, 2.45) is 0 Å². The van der Waals surface area contributed by atoms with Gasteiger partial charge in [0, 0.05) is 18.6 Å². The maximum Gasteiger partial charge on any atom is 0.445 e. The molecule has 1 aromatic carbocycles. The highest BCUT2D eigenvalue weighted by Gasteiger charge is 2.37. The lowest BCUT2D eigenvalue weighted by atomic mass is 10.1. The van der Waals surface area contributed by atoms with E-state index in [1.54, 1.807) is 0 Å². The zero-order valence-electron chi connectivity index (χ0n) is 8.67. The number of rotatable bonds is 3. The van der Waals surface area contributed by atoms with Gasteiger partial charge in [-0.15, -0.1) is 0 Å². The molecule has 0 heterocycles. The fraction of sp³-hybridized carbons (Fsp3) is 0.200. The third-order valence-electron chi connectivity index (χ3n) is 1.99. The van der Waals surface area contributed by atoms with Crippen LogP contribution in [0, 0.1) is 10.1 Å². The average molecular weight is 267 g/mol. The van der Waals surface area contributed by atoms with Gasteiger partial charge in [-0.05, 0) is 5.56 Å². The predicted molar refractivity (Wildman–Crippen MR) is 52.1 cm³/mol. The molecule has 1 aromatic rings. The monoisotopic (exact) mass is 267 g/mol. The summed E-state index contributed by atoms with van der Waals surface area (Å²) in [5.74, 6) is -4.75. The largest absolute Gasteiger partial charge is 0.445 e. The number of benzene rings is 1. The summed E-state index contributed by atoms with van der Waals surface area (Å²) < 4.78 is 60.8. The van der Waals surface area contributed by atoms with E-state index < -0.39 is 29.2 Å². The Hall–Kier alpha value is -1.99. The van der Waals surface area contributed by atoms with Crippen LogP contribution in [-0.2, 0) is 6.42 Å². The highest BCUT2D eigenvalue weighted by molar-refractivity contribution is 5.34. The lowest BCUT2D eigenvalue weighted by molar-refractivity contribution is -0.384. The van der Waals surface area contributed by atoms with E-state index in [9.17, 15) is 32.1 Å². The Morgan fingerprint density at radius 2 is 1.67 bits per heavy atom. The van der Waals surface area contributed by atoms with Crippen LogP contribution in [0.2, 0.25) is 0 Å². The summed E-state index contributed by atoms with van der Waals surface area (Å²) in [6, 6.07) is 4.10.